The average molecular weight is 356 g/mol. The van der Waals surface area contributed by atoms with E-state index in [1.54, 1.807) is 6.07 Å². The normalized spacial score (nSPS) is 21.9. The highest BCUT2D eigenvalue weighted by molar-refractivity contribution is 6.36. The van der Waals surface area contributed by atoms with Crippen molar-refractivity contribution in [2.24, 2.45) is 5.73 Å². The van der Waals surface area contributed by atoms with Crippen LogP contribution >= 0.6 is 34.8 Å². The minimum absolute atomic E-state index is 0.194. The van der Waals surface area contributed by atoms with Crippen LogP contribution in [0.25, 0.3) is 0 Å². The Morgan fingerprint density at radius 3 is 2.32 bits per heavy atom. The number of hydrogen-bond acceptors (Lipinski definition) is 2. The van der Waals surface area contributed by atoms with E-state index in [1.165, 1.54) is 5.56 Å². The van der Waals surface area contributed by atoms with Gasteiger partial charge in [-0.1, -0.05) is 46.9 Å². The first kappa shape index (κ1) is 15.9. The van der Waals surface area contributed by atoms with Crippen molar-refractivity contribution in [1.82, 2.24) is 0 Å². The van der Waals surface area contributed by atoms with Crippen molar-refractivity contribution in [3.05, 3.63) is 63.1 Å². The molecule has 0 spiro atoms. The molecule has 0 radical (unpaired) electrons. The van der Waals surface area contributed by atoms with E-state index in [2.05, 4.69) is 17.0 Å². The van der Waals surface area contributed by atoms with Gasteiger partial charge in [0.1, 0.15) is 0 Å². The molecule has 22 heavy (non-hydrogen) atoms. The Balaban J connectivity index is 1.98. The zero-order valence-electron chi connectivity index (χ0n) is 12.0. The number of nitrogens with two attached hydrogens (primary N) is 1. The fraction of sp³-hybridized carbons (Fsp3) is 0.294. The van der Waals surface area contributed by atoms with Gasteiger partial charge in [0.25, 0.3) is 0 Å². The Labute approximate surface area is 145 Å². The predicted octanol–water partition coefficient (Wildman–Crippen LogP) is 5.32. The second kappa shape index (κ2) is 6.67. The molecule has 3 rings (SSSR count). The Hall–Kier alpha value is -0.930. The quantitative estimate of drug-likeness (QED) is 0.790. The number of piperidine rings is 1. The number of halogens is 3. The summed E-state index contributed by atoms with van der Waals surface area (Å²) in [6, 6.07) is 14.0. The number of benzene rings is 2. The summed E-state index contributed by atoms with van der Waals surface area (Å²) in [5, 5.41) is 2.05. The van der Waals surface area contributed by atoms with Crippen LogP contribution in [0.1, 0.15) is 24.4 Å². The lowest BCUT2D eigenvalue weighted by Crippen LogP contribution is -2.42. The zero-order chi connectivity index (χ0) is 15.7. The summed E-state index contributed by atoms with van der Waals surface area (Å²) in [5.74, 6) is 0. The van der Waals surface area contributed by atoms with E-state index < -0.39 is 0 Å². The molecule has 2 N–H and O–H groups in total. The van der Waals surface area contributed by atoms with Gasteiger partial charge in [0.05, 0.1) is 16.8 Å². The summed E-state index contributed by atoms with van der Waals surface area (Å²) in [6.45, 7) is 0.871. The lowest BCUT2D eigenvalue weighted by Gasteiger charge is -2.40. The minimum atomic E-state index is 0.194. The standard InChI is InChI=1S/C17H17Cl3N2/c18-12-3-1-11(2-4-12)17-10-14(21)7-8-22(17)16-6-5-13(19)9-15(16)20/h1-6,9,14,17H,7-8,10,21H2/t14-,17+/m1/s1. The fourth-order valence-corrected chi connectivity index (χ4v) is 3.64. The van der Waals surface area contributed by atoms with Crippen LogP contribution in [0.3, 0.4) is 0 Å². The average Bonchev–Trinajstić information content (AvgIpc) is 2.49. The molecular weight excluding hydrogens is 339 g/mol. The predicted molar refractivity (Wildman–Crippen MR) is 95.2 cm³/mol. The second-order valence-corrected chi connectivity index (χ2v) is 6.92. The van der Waals surface area contributed by atoms with Crippen molar-refractivity contribution in [2.75, 3.05) is 11.4 Å². The number of rotatable bonds is 2. The molecule has 0 unspecified atom stereocenters. The van der Waals surface area contributed by atoms with Crippen LogP contribution in [-0.4, -0.2) is 12.6 Å². The summed E-state index contributed by atoms with van der Waals surface area (Å²) >= 11 is 18.4. The first-order valence-corrected chi connectivity index (χ1v) is 8.41. The van der Waals surface area contributed by atoms with Crippen LogP contribution in [0.5, 0.6) is 0 Å². The fourth-order valence-electron chi connectivity index (χ4n) is 3.00. The summed E-state index contributed by atoms with van der Waals surface area (Å²) in [7, 11) is 0. The molecule has 0 saturated carbocycles. The van der Waals surface area contributed by atoms with Gasteiger partial charge in [-0.3, -0.25) is 0 Å². The summed E-state index contributed by atoms with van der Waals surface area (Å²) in [6.07, 6.45) is 1.84. The van der Waals surface area contributed by atoms with Crippen LogP contribution in [0.2, 0.25) is 15.1 Å². The smallest absolute Gasteiger partial charge is 0.0654 e. The van der Waals surface area contributed by atoms with E-state index in [9.17, 15) is 0 Å². The van der Waals surface area contributed by atoms with Crippen molar-refractivity contribution < 1.29 is 0 Å². The Kier molecular flexibility index (Phi) is 4.84. The van der Waals surface area contributed by atoms with Crippen molar-refractivity contribution in [3.63, 3.8) is 0 Å². The van der Waals surface area contributed by atoms with Gasteiger partial charge in [-0.15, -0.1) is 0 Å². The van der Waals surface area contributed by atoms with Crippen LogP contribution in [-0.2, 0) is 0 Å². The van der Waals surface area contributed by atoms with Gasteiger partial charge in [-0.25, -0.2) is 0 Å². The molecule has 116 valence electrons. The Morgan fingerprint density at radius 1 is 0.955 bits per heavy atom. The first-order valence-electron chi connectivity index (χ1n) is 7.27. The minimum Gasteiger partial charge on any atom is -0.363 e. The lowest BCUT2D eigenvalue weighted by atomic mass is 9.91. The summed E-state index contributed by atoms with van der Waals surface area (Å²) < 4.78 is 0. The monoisotopic (exact) mass is 354 g/mol. The molecule has 1 heterocycles. The molecule has 1 fully saturated rings. The molecule has 1 aliphatic rings. The van der Waals surface area contributed by atoms with E-state index in [-0.39, 0.29) is 12.1 Å². The van der Waals surface area contributed by atoms with Gasteiger partial charge in [0, 0.05) is 22.6 Å². The zero-order valence-corrected chi connectivity index (χ0v) is 14.2. The first-order chi connectivity index (χ1) is 10.5. The molecule has 5 heteroatoms. The molecule has 2 nitrogen and oxygen atoms in total. The third-order valence-electron chi connectivity index (χ3n) is 4.12. The summed E-state index contributed by atoms with van der Waals surface area (Å²) in [4.78, 5) is 2.31. The van der Waals surface area contributed by atoms with E-state index in [0.29, 0.717) is 10.0 Å². The Morgan fingerprint density at radius 2 is 1.64 bits per heavy atom. The van der Waals surface area contributed by atoms with E-state index in [1.807, 2.05) is 24.3 Å². The molecule has 0 amide bonds. The molecule has 1 aliphatic heterocycles. The highest BCUT2D eigenvalue weighted by Gasteiger charge is 2.29. The summed E-state index contributed by atoms with van der Waals surface area (Å²) in [5.41, 5.74) is 8.39. The second-order valence-electron chi connectivity index (χ2n) is 5.64. The lowest BCUT2D eigenvalue weighted by molar-refractivity contribution is 0.420. The van der Waals surface area contributed by atoms with Crippen molar-refractivity contribution in [3.8, 4) is 0 Å². The Bertz CT molecular complexity index is 657. The van der Waals surface area contributed by atoms with Crippen molar-refractivity contribution in [2.45, 2.75) is 24.9 Å². The van der Waals surface area contributed by atoms with E-state index in [4.69, 9.17) is 40.5 Å². The van der Waals surface area contributed by atoms with Crippen molar-refractivity contribution >= 4 is 40.5 Å². The van der Waals surface area contributed by atoms with Crippen LogP contribution in [0.15, 0.2) is 42.5 Å². The maximum absolute atomic E-state index is 6.40. The largest absolute Gasteiger partial charge is 0.363 e. The molecule has 0 aliphatic carbocycles. The molecule has 0 bridgehead atoms. The molecule has 1 saturated heterocycles. The third-order valence-corrected chi connectivity index (χ3v) is 4.91. The van der Waals surface area contributed by atoms with Crippen LogP contribution < -0.4 is 10.6 Å². The van der Waals surface area contributed by atoms with Gasteiger partial charge < -0.3 is 10.6 Å². The molecular formula is C17H17Cl3N2. The van der Waals surface area contributed by atoms with Crippen LogP contribution in [0.4, 0.5) is 5.69 Å². The van der Waals surface area contributed by atoms with Gasteiger partial charge in [0.2, 0.25) is 0 Å². The van der Waals surface area contributed by atoms with Gasteiger partial charge in [-0.05, 0) is 48.7 Å². The number of nitrogens with zero attached hydrogens (tertiary/aromatic N) is 1. The SMILES string of the molecule is N[C@@H]1CCN(c2ccc(Cl)cc2Cl)[C@H](c2ccc(Cl)cc2)C1. The van der Waals surface area contributed by atoms with Gasteiger partial charge >= 0.3 is 0 Å². The third kappa shape index (κ3) is 3.36. The van der Waals surface area contributed by atoms with Gasteiger partial charge in [-0.2, -0.15) is 0 Å². The molecule has 0 aromatic heterocycles. The number of anilines is 1. The highest BCUT2D eigenvalue weighted by atomic mass is 35.5. The molecule has 2 atom stereocenters. The van der Waals surface area contributed by atoms with Gasteiger partial charge in [0.15, 0.2) is 0 Å². The molecule has 2 aromatic carbocycles. The van der Waals surface area contributed by atoms with Crippen molar-refractivity contribution in [1.29, 1.82) is 0 Å². The maximum Gasteiger partial charge on any atom is 0.0654 e. The molecule has 2 aromatic rings. The van der Waals surface area contributed by atoms with E-state index in [0.717, 1.165) is 30.1 Å². The maximum atomic E-state index is 6.40. The highest BCUT2D eigenvalue weighted by Crippen LogP contribution is 2.39. The van der Waals surface area contributed by atoms with E-state index >= 15 is 0 Å². The number of hydrogen-bond donors (Lipinski definition) is 1. The topological polar surface area (TPSA) is 29.3 Å². The van der Waals surface area contributed by atoms with Crippen LogP contribution in [0, 0.1) is 0 Å².